The third-order valence-corrected chi connectivity index (χ3v) is 8.07. The van der Waals surface area contributed by atoms with E-state index >= 15 is 0 Å². The first-order valence-electron chi connectivity index (χ1n) is 13.3. The van der Waals surface area contributed by atoms with Crippen molar-refractivity contribution < 1.29 is 26.9 Å². The standard InChI is InChI=1S/C29H29F4N3O2/c30-28-16-27(17-28,18-28)26(37)36(14-3-1-2-7-24-34-25(35-38-24)20-8-9-20)23-6-4-5-21(15-23)19-10-12-22(13-11-19)29(31,32)33/h4-6,10-13,15,20H,1-3,7-9,14,16-18H2. The molecule has 0 saturated heterocycles. The molecule has 2 bridgehead atoms. The molecule has 0 aliphatic heterocycles. The Balaban J connectivity index is 1.14. The van der Waals surface area contributed by atoms with E-state index < -0.39 is 22.8 Å². The summed E-state index contributed by atoms with van der Waals surface area (Å²) in [4.78, 5) is 19.8. The molecule has 4 aliphatic carbocycles. The van der Waals surface area contributed by atoms with Crippen LogP contribution in [-0.2, 0) is 17.4 Å². The maximum Gasteiger partial charge on any atom is 0.416 e. The highest BCUT2D eigenvalue weighted by atomic mass is 19.4. The molecule has 1 amide bonds. The predicted octanol–water partition coefficient (Wildman–Crippen LogP) is 7.27. The van der Waals surface area contributed by atoms with Gasteiger partial charge in [-0.25, -0.2) is 4.39 Å². The maximum atomic E-state index is 14.2. The summed E-state index contributed by atoms with van der Waals surface area (Å²) in [5, 5.41) is 4.05. The zero-order valence-electron chi connectivity index (χ0n) is 20.9. The highest BCUT2D eigenvalue weighted by molar-refractivity contribution is 6.00. The number of amides is 1. The Kier molecular flexibility index (Phi) is 6.07. The predicted molar refractivity (Wildman–Crippen MR) is 133 cm³/mol. The van der Waals surface area contributed by atoms with Crippen LogP contribution in [-0.4, -0.2) is 28.3 Å². The number of alkyl halides is 4. The molecule has 1 heterocycles. The molecule has 200 valence electrons. The van der Waals surface area contributed by atoms with Crippen LogP contribution in [0.25, 0.3) is 11.1 Å². The molecule has 0 unspecified atom stereocenters. The summed E-state index contributed by atoms with van der Waals surface area (Å²) < 4.78 is 58.5. The van der Waals surface area contributed by atoms with E-state index in [1.165, 1.54) is 12.1 Å². The Morgan fingerprint density at radius 2 is 1.74 bits per heavy atom. The van der Waals surface area contributed by atoms with E-state index in [0.29, 0.717) is 36.0 Å². The first kappa shape index (κ1) is 25.1. The molecular formula is C29H29F4N3O2. The average molecular weight is 528 g/mol. The molecule has 2 aromatic carbocycles. The van der Waals surface area contributed by atoms with Crippen molar-refractivity contribution in [1.29, 1.82) is 0 Å². The lowest BCUT2D eigenvalue weighted by atomic mass is 9.42. The number of halogens is 4. The zero-order valence-corrected chi connectivity index (χ0v) is 20.9. The molecule has 0 radical (unpaired) electrons. The normalized spacial score (nSPS) is 24.0. The fourth-order valence-electron chi connectivity index (χ4n) is 5.83. The SMILES string of the molecule is O=C(N(CCCCCc1nc(C2CC2)no1)c1cccc(-c2ccc(C(F)(F)F)cc2)c1)C12CC(F)(C1)C2. The number of unbranched alkanes of at least 4 members (excludes halogenated alkanes) is 2. The minimum absolute atomic E-state index is 0.0624. The highest BCUT2D eigenvalue weighted by Crippen LogP contribution is 2.70. The summed E-state index contributed by atoms with van der Waals surface area (Å²) in [5.41, 5.74) is -0.491. The third kappa shape index (κ3) is 4.83. The Labute approximate surface area is 218 Å². The second kappa shape index (κ2) is 9.20. The van der Waals surface area contributed by atoms with Crippen LogP contribution < -0.4 is 4.90 Å². The third-order valence-electron chi connectivity index (χ3n) is 8.07. The number of aromatic nitrogens is 2. The van der Waals surface area contributed by atoms with Gasteiger partial charge in [0.1, 0.15) is 5.67 Å². The van der Waals surface area contributed by atoms with Crippen LogP contribution in [0.2, 0.25) is 0 Å². The monoisotopic (exact) mass is 527 g/mol. The Morgan fingerprint density at radius 3 is 2.39 bits per heavy atom. The van der Waals surface area contributed by atoms with E-state index in [2.05, 4.69) is 10.1 Å². The van der Waals surface area contributed by atoms with Crippen molar-refractivity contribution in [2.24, 2.45) is 5.41 Å². The van der Waals surface area contributed by atoms with Crippen LogP contribution in [0.4, 0.5) is 23.2 Å². The Morgan fingerprint density at radius 1 is 1.00 bits per heavy atom. The van der Waals surface area contributed by atoms with Crippen molar-refractivity contribution in [3.63, 3.8) is 0 Å². The molecule has 0 atom stereocenters. The number of aryl methyl sites for hydroxylation is 1. The minimum Gasteiger partial charge on any atom is -0.339 e. The smallest absolute Gasteiger partial charge is 0.339 e. The number of carbonyl (C=O) groups excluding carboxylic acids is 1. The fraction of sp³-hybridized carbons (Fsp3) is 0.483. The van der Waals surface area contributed by atoms with Gasteiger partial charge in [0.2, 0.25) is 11.8 Å². The van der Waals surface area contributed by atoms with Crippen LogP contribution in [0.5, 0.6) is 0 Å². The van der Waals surface area contributed by atoms with E-state index in [1.807, 2.05) is 18.2 Å². The Bertz CT molecular complexity index is 1310. The second-order valence-corrected chi connectivity index (χ2v) is 11.2. The van der Waals surface area contributed by atoms with Gasteiger partial charge in [0, 0.05) is 24.6 Å². The fourth-order valence-corrected chi connectivity index (χ4v) is 5.83. The molecular weight excluding hydrogens is 498 g/mol. The minimum atomic E-state index is -4.40. The number of carbonyl (C=O) groups is 1. The van der Waals surface area contributed by atoms with Crippen molar-refractivity contribution in [3.8, 4) is 11.1 Å². The number of nitrogens with zero attached hydrogens (tertiary/aromatic N) is 3. The first-order chi connectivity index (χ1) is 18.1. The van der Waals surface area contributed by atoms with Gasteiger partial charge in [-0.2, -0.15) is 18.2 Å². The van der Waals surface area contributed by atoms with Crippen LogP contribution >= 0.6 is 0 Å². The summed E-state index contributed by atoms with van der Waals surface area (Å²) in [6.07, 6.45) is 1.78. The largest absolute Gasteiger partial charge is 0.416 e. The van der Waals surface area contributed by atoms with Gasteiger partial charge in [-0.15, -0.1) is 0 Å². The topological polar surface area (TPSA) is 59.2 Å². The number of hydrogen-bond donors (Lipinski definition) is 0. The molecule has 4 saturated carbocycles. The lowest BCUT2D eigenvalue weighted by Gasteiger charge is -2.65. The Hall–Kier alpha value is -3.23. The van der Waals surface area contributed by atoms with Crippen LogP contribution in [0.1, 0.15) is 74.6 Å². The van der Waals surface area contributed by atoms with E-state index in [1.54, 1.807) is 11.0 Å². The van der Waals surface area contributed by atoms with Crippen molar-refractivity contribution in [2.45, 2.75) is 75.6 Å². The second-order valence-electron chi connectivity index (χ2n) is 11.2. The van der Waals surface area contributed by atoms with E-state index in [0.717, 1.165) is 55.6 Å². The van der Waals surface area contributed by atoms with Gasteiger partial charge in [-0.3, -0.25) is 4.79 Å². The van der Waals surface area contributed by atoms with Crippen LogP contribution in [0.15, 0.2) is 53.1 Å². The molecule has 0 N–H and O–H groups in total. The number of benzene rings is 2. The highest BCUT2D eigenvalue weighted by Gasteiger charge is 2.73. The van der Waals surface area contributed by atoms with E-state index in [-0.39, 0.29) is 25.2 Å². The molecule has 0 spiro atoms. The number of hydrogen-bond acceptors (Lipinski definition) is 4. The molecule has 4 fully saturated rings. The van der Waals surface area contributed by atoms with E-state index in [9.17, 15) is 22.4 Å². The van der Waals surface area contributed by atoms with Crippen LogP contribution in [0.3, 0.4) is 0 Å². The lowest BCUT2D eigenvalue weighted by molar-refractivity contribution is -0.211. The number of anilines is 1. The van der Waals surface area contributed by atoms with Gasteiger partial charge in [-0.1, -0.05) is 35.8 Å². The maximum absolute atomic E-state index is 14.2. The molecule has 5 nitrogen and oxygen atoms in total. The number of rotatable bonds is 10. The van der Waals surface area contributed by atoms with Gasteiger partial charge in [0.05, 0.1) is 11.0 Å². The zero-order chi connectivity index (χ0) is 26.5. The van der Waals surface area contributed by atoms with E-state index in [4.69, 9.17) is 4.52 Å². The first-order valence-corrected chi connectivity index (χ1v) is 13.3. The van der Waals surface area contributed by atoms with Gasteiger partial charge < -0.3 is 9.42 Å². The van der Waals surface area contributed by atoms with Crippen LogP contribution in [0, 0.1) is 5.41 Å². The molecule has 4 aliphatic rings. The van der Waals surface area contributed by atoms with Gasteiger partial charge in [0.15, 0.2) is 5.82 Å². The summed E-state index contributed by atoms with van der Waals surface area (Å²) >= 11 is 0. The van der Waals surface area contributed by atoms with Crippen molar-refractivity contribution in [2.75, 3.05) is 11.4 Å². The quantitative estimate of drug-likeness (QED) is 0.206. The molecule has 1 aromatic heterocycles. The molecule has 7 rings (SSSR count). The molecule has 3 aromatic rings. The van der Waals surface area contributed by atoms with Crippen molar-refractivity contribution in [3.05, 3.63) is 65.8 Å². The lowest BCUT2D eigenvalue weighted by Crippen LogP contribution is -2.70. The molecule has 9 heteroatoms. The van der Waals surface area contributed by atoms with Gasteiger partial charge in [0.25, 0.3) is 0 Å². The van der Waals surface area contributed by atoms with Gasteiger partial charge >= 0.3 is 6.18 Å². The summed E-state index contributed by atoms with van der Waals surface area (Å²) in [6.45, 7) is 0.480. The average Bonchev–Trinajstić information content (AvgIpc) is 3.61. The van der Waals surface area contributed by atoms with Crippen molar-refractivity contribution in [1.82, 2.24) is 10.1 Å². The summed E-state index contributed by atoms with van der Waals surface area (Å²) in [6, 6.07) is 12.3. The molecule has 38 heavy (non-hydrogen) atoms. The summed E-state index contributed by atoms with van der Waals surface area (Å²) in [5.74, 6) is 1.83. The van der Waals surface area contributed by atoms with Crippen molar-refractivity contribution >= 4 is 11.6 Å². The van der Waals surface area contributed by atoms with Gasteiger partial charge in [-0.05, 0) is 80.3 Å². The summed E-state index contributed by atoms with van der Waals surface area (Å²) in [7, 11) is 0.